The molecule has 0 aromatic heterocycles. The molecule has 0 aliphatic heterocycles. The second kappa shape index (κ2) is 10.2. The fourth-order valence-corrected chi connectivity index (χ4v) is 1.79. The molecule has 1 unspecified atom stereocenters. The van der Waals surface area contributed by atoms with Gasteiger partial charge in [0.05, 0.1) is 5.56 Å². The molecule has 0 spiro atoms. The molecule has 8 heteroatoms. The van der Waals surface area contributed by atoms with Gasteiger partial charge in [-0.2, -0.15) is 24.9 Å². The van der Waals surface area contributed by atoms with Gasteiger partial charge in [0, 0.05) is 25.4 Å². The molecule has 0 aliphatic rings. The molecule has 0 saturated heterocycles. The Hall–Kier alpha value is -0.640. The Morgan fingerprint density at radius 2 is 1.82 bits per heavy atom. The Bertz CT molecular complexity index is 463. The van der Waals surface area contributed by atoms with E-state index in [0.29, 0.717) is 17.8 Å². The van der Waals surface area contributed by atoms with Gasteiger partial charge in [0.25, 0.3) is 0 Å². The minimum absolute atomic E-state index is 0. The van der Waals surface area contributed by atoms with Gasteiger partial charge in [-0.15, -0.1) is 24.0 Å². The van der Waals surface area contributed by atoms with Crippen LogP contribution >= 0.6 is 35.7 Å². The van der Waals surface area contributed by atoms with E-state index in [9.17, 15) is 13.2 Å². The van der Waals surface area contributed by atoms with E-state index in [4.69, 9.17) is 0 Å². The first-order chi connectivity index (χ1) is 9.86. The molecular weight excluding hydrogens is 426 g/mol. The summed E-state index contributed by atoms with van der Waals surface area (Å²) in [5, 5.41) is 6.69. The van der Waals surface area contributed by atoms with Crippen molar-refractivity contribution >= 4 is 41.7 Å². The molecule has 0 amide bonds. The van der Waals surface area contributed by atoms with E-state index in [-0.39, 0.29) is 24.0 Å². The SMILES string of the molecule is CN=C(NCc1ccc(C(F)(F)F)cc1)NCC(C)SC.I. The fourth-order valence-electron chi connectivity index (χ4n) is 1.54. The van der Waals surface area contributed by atoms with Crippen molar-refractivity contribution in [1.29, 1.82) is 0 Å². The second-order valence-electron chi connectivity index (χ2n) is 4.55. The van der Waals surface area contributed by atoms with Crippen LogP contribution < -0.4 is 10.6 Å². The average Bonchev–Trinajstić information content (AvgIpc) is 2.46. The number of hydrogen-bond donors (Lipinski definition) is 2. The Kier molecular flexibility index (Phi) is 9.90. The van der Waals surface area contributed by atoms with E-state index in [2.05, 4.69) is 22.5 Å². The van der Waals surface area contributed by atoms with Crippen molar-refractivity contribution in [3.8, 4) is 0 Å². The quantitative estimate of drug-likeness (QED) is 0.410. The number of aliphatic imine (C=N–C) groups is 1. The molecular formula is C14H21F3IN3S. The van der Waals surface area contributed by atoms with Crippen LogP contribution in [0.15, 0.2) is 29.3 Å². The normalized spacial score (nSPS) is 13.3. The molecule has 126 valence electrons. The predicted molar refractivity (Wildman–Crippen MR) is 98.0 cm³/mol. The third-order valence-corrected chi connectivity index (χ3v) is 3.90. The van der Waals surface area contributed by atoms with Crippen LogP contribution in [0.25, 0.3) is 0 Å². The maximum atomic E-state index is 12.5. The standard InChI is InChI=1S/C14H20F3N3S.HI/c1-10(21-3)8-19-13(18-2)20-9-11-4-6-12(7-5-11)14(15,16)17;/h4-7,10H,8-9H2,1-3H3,(H2,18,19,20);1H. The van der Waals surface area contributed by atoms with Crippen molar-refractivity contribution in [2.45, 2.75) is 24.9 Å². The van der Waals surface area contributed by atoms with Crippen molar-refractivity contribution in [1.82, 2.24) is 10.6 Å². The number of alkyl halides is 3. The Balaban J connectivity index is 0.00000441. The van der Waals surface area contributed by atoms with Crippen LogP contribution in [0.3, 0.4) is 0 Å². The van der Waals surface area contributed by atoms with Gasteiger partial charge in [-0.05, 0) is 24.0 Å². The second-order valence-corrected chi connectivity index (χ2v) is 5.82. The minimum atomic E-state index is -4.29. The number of thioether (sulfide) groups is 1. The lowest BCUT2D eigenvalue weighted by atomic mass is 10.1. The third-order valence-electron chi connectivity index (χ3n) is 2.92. The van der Waals surface area contributed by atoms with Crippen LogP contribution in [0.4, 0.5) is 13.2 Å². The number of benzene rings is 1. The molecule has 0 radical (unpaired) electrons. The van der Waals surface area contributed by atoms with Gasteiger partial charge < -0.3 is 10.6 Å². The van der Waals surface area contributed by atoms with E-state index in [0.717, 1.165) is 24.2 Å². The lowest BCUT2D eigenvalue weighted by Gasteiger charge is -2.15. The first kappa shape index (κ1) is 21.4. The number of hydrogen-bond acceptors (Lipinski definition) is 2. The van der Waals surface area contributed by atoms with Gasteiger partial charge in [-0.3, -0.25) is 4.99 Å². The van der Waals surface area contributed by atoms with Crippen LogP contribution in [0.2, 0.25) is 0 Å². The van der Waals surface area contributed by atoms with E-state index >= 15 is 0 Å². The third kappa shape index (κ3) is 7.57. The smallest absolute Gasteiger partial charge is 0.355 e. The molecule has 0 aliphatic carbocycles. The van der Waals surface area contributed by atoms with Crippen molar-refractivity contribution in [3.63, 3.8) is 0 Å². The zero-order valence-corrected chi connectivity index (χ0v) is 15.8. The summed E-state index contributed by atoms with van der Waals surface area (Å²) in [4.78, 5) is 4.07. The maximum absolute atomic E-state index is 12.5. The first-order valence-corrected chi connectivity index (χ1v) is 7.79. The van der Waals surface area contributed by atoms with Gasteiger partial charge in [-0.25, -0.2) is 0 Å². The monoisotopic (exact) mass is 447 g/mol. The van der Waals surface area contributed by atoms with Crippen molar-refractivity contribution in [3.05, 3.63) is 35.4 Å². The van der Waals surface area contributed by atoms with Crippen LogP contribution in [0, 0.1) is 0 Å². The molecule has 22 heavy (non-hydrogen) atoms. The highest BCUT2D eigenvalue weighted by atomic mass is 127. The molecule has 1 rings (SSSR count). The van der Waals surface area contributed by atoms with Gasteiger partial charge in [0.1, 0.15) is 0 Å². The van der Waals surface area contributed by atoms with E-state index in [1.165, 1.54) is 12.1 Å². The number of nitrogens with zero attached hydrogens (tertiary/aromatic N) is 1. The zero-order chi connectivity index (χ0) is 15.9. The van der Waals surface area contributed by atoms with Gasteiger partial charge in [-0.1, -0.05) is 19.1 Å². The van der Waals surface area contributed by atoms with Crippen LogP contribution in [-0.4, -0.2) is 31.1 Å². The maximum Gasteiger partial charge on any atom is 0.416 e. The molecule has 0 fully saturated rings. The molecule has 0 bridgehead atoms. The highest BCUT2D eigenvalue weighted by Crippen LogP contribution is 2.28. The summed E-state index contributed by atoms with van der Waals surface area (Å²) in [7, 11) is 1.66. The molecule has 1 aromatic carbocycles. The van der Waals surface area contributed by atoms with Gasteiger partial charge >= 0.3 is 6.18 Å². The minimum Gasteiger partial charge on any atom is -0.355 e. The topological polar surface area (TPSA) is 36.4 Å². The summed E-state index contributed by atoms with van der Waals surface area (Å²) in [6.07, 6.45) is -2.26. The summed E-state index contributed by atoms with van der Waals surface area (Å²) < 4.78 is 37.4. The molecule has 2 N–H and O–H groups in total. The van der Waals surface area contributed by atoms with Gasteiger partial charge in [0.2, 0.25) is 0 Å². The Labute approximate surface area is 150 Å². The average molecular weight is 447 g/mol. The molecule has 0 heterocycles. The van der Waals surface area contributed by atoms with Crippen LogP contribution in [0.1, 0.15) is 18.1 Å². The Morgan fingerprint density at radius 3 is 2.27 bits per heavy atom. The van der Waals surface area contributed by atoms with Gasteiger partial charge in [0.15, 0.2) is 5.96 Å². The van der Waals surface area contributed by atoms with Crippen molar-refractivity contribution in [2.75, 3.05) is 19.8 Å². The highest BCUT2D eigenvalue weighted by molar-refractivity contribution is 14.0. The van der Waals surface area contributed by atoms with Crippen molar-refractivity contribution in [2.24, 2.45) is 4.99 Å². The van der Waals surface area contributed by atoms with E-state index < -0.39 is 11.7 Å². The molecule has 1 aromatic rings. The lowest BCUT2D eigenvalue weighted by molar-refractivity contribution is -0.137. The summed E-state index contributed by atoms with van der Waals surface area (Å²) in [6, 6.07) is 5.10. The van der Waals surface area contributed by atoms with Crippen LogP contribution in [-0.2, 0) is 12.7 Å². The predicted octanol–water partition coefficient (Wildman–Crippen LogP) is 3.74. The molecule has 0 saturated carbocycles. The number of nitrogens with one attached hydrogen (secondary N) is 2. The Morgan fingerprint density at radius 1 is 1.23 bits per heavy atom. The highest BCUT2D eigenvalue weighted by Gasteiger charge is 2.29. The first-order valence-electron chi connectivity index (χ1n) is 6.50. The number of guanidine groups is 1. The summed E-state index contributed by atoms with van der Waals surface area (Å²) in [6.45, 7) is 3.29. The number of rotatable bonds is 5. The molecule has 3 nitrogen and oxygen atoms in total. The summed E-state index contributed by atoms with van der Waals surface area (Å²) >= 11 is 1.74. The fraction of sp³-hybridized carbons (Fsp3) is 0.500. The number of halogens is 4. The zero-order valence-electron chi connectivity index (χ0n) is 12.7. The largest absolute Gasteiger partial charge is 0.416 e. The molecule has 1 atom stereocenters. The lowest BCUT2D eigenvalue weighted by Crippen LogP contribution is -2.39. The van der Waals surface area contributed by atoms with E-state index in [1.807, 2.05) is 6.26 Å². The summed E-state index contributed by atoms with van der Waals surface area (Å²) in [5.74, 6) is 0.635. The van der Waals surface area contributed by atoms with E-state index in [1.54, 1.807) is 18.8 Å². The van der Waals surface area contributed by atoms with Crippen molar-refractivity contribution < 1.29 is 13.2 Å². The summed E-state index contributed by atoms with van der Waals surface area (Å²) in [5.41, 5.74) is 0.131. The van der Waals surface area contributed by atoms with Crippen LogP contribution in [0.5, 0.6) is 0 Å².